The highest BCUT2D eigenvalue weighted by atomic mass is 16.5. The zero-order chi connectivity index (χ0) is 19.4. The molecule has 5 aliphatic rings. The van der Waals surface area contributed by atoms with E-state index in [1.165, 1.54) is 24.8 Å². The van der Waals surface area contributed by atoms with E-state index in [9.17, 15) is 4.79 Å². The number of aliphatic imine (C=N–C) groups is 1. The van der Waals surface area contributed by atoms with E-state index in [4.69, 9.17) is 9.73 Å². The molecule has 1 aromatic rings. The van der Waals surface area contributed by atoms with Crippen molar-refractivity contribution in [3.8, 4) is 0 Å². The second-order valence-corrected chi connectivity index (χ2v) is 8.86. The Bertz CT molecular complexity index is 819. The van der Waals surface area contributed by atoms with Gasteiger partial charge in [-0.1, -0.05) is 49.2 Å². The van der Waals surface area contributed by atoms with Gasteiger partial charge in [0.1, 0.15) is 0 Å². The maximum Gasteiger partial charge on any atom is 0.336 e. The molecule has 6 rings (SSSR count). The molecule has 0 aromatic heterocycles. The smallest absolute Gasteiger partial charge is 0.336 e. The lowest BCUT2D eigenvalue weighted by Gasteiger charge is -2.62. The Kier molecular flexibility index (Phi) is 4.24. The standard InChI is InChI=1S/C24H30N2O2/c1-3-14-26-16-18-15-19-20-12-8-9-13-23(20,26)24(18,22(27)28-4-2)25-21(19)17-10-6-5-7-11-17/h3,5-7,10-11,18-20H,1,4,8-9,12-16H2,2H3. The van der Waals surface area contributed by atoms with Gasteiger partial charge in [-0.2, -0.15) is 0 Å². The normalized spacial score (nSPS) is 38.6. The minimum Gasteiger partial charge on any atom is -0.464 e. The number of hydrogen-bond acceptors (Lipinski definition) is 4. The average molecular weight is 379 g/mol. The van der Waals surface area contributed by atoms with E-state index in [2.05, 4.69) is 35.7 Å². The Morgan fingerprint density at radius 1 is 1.36 bits per heavy atom. The van der Waals surface area contributed by atoms with Crippen LogP contribution in [0.1, 0.15) is 44.6 Å². The summed E-state index contributed by atoms with van der Waals surface area (Å²) >= 11 is 0. The van der Waals surface area contributed by atoms with Gasteiger partial charge in [0.25, 0.3) is 0 Å². The molecule has 3 aliphatic heterocycles. The summed E-state index contributed by atoms with van der Waals surface area (Å²) in [5, 5.41) is 0. The van der Waals surface area contributed by atoms with Crippen molar-refractivity contribution in [1.82, 2.24) is 4.90 Å². The van der Waals surface area contributed by atoms with Gasteiger partial charge in [-0.25, -0.2) is 4.79 Å². The molecular weight excluding hydrogens is 348 g/mol. The highest BCUT2D eigenvalue weighted by Crippen LogP contribution is 2.66. The molecule has 1 saturated heterocycles. The summed E-state index contributed by atoms with van der Waals surface area (Å²) < 4.78 is 5.74. The summed E-state index contributed by atoms with van der Waals surface area (Å²) in [5.41, 5.74) is 1.37. The molecule has 0 amide bonds. The fraction of sp³-hybridized carbons (Fsp3) is 0.583. The van der Waals surface area contributed by atoms with Crippen molar-refractivity contribution in [1.29, 1.82) is 0 Å². The van der Waals surface area contributed by atoms with Crippen molar-refractivity contribution < 1.29 is 9.53 Å². The largest absolute Gasteiger partial charge is 0.464 e. The lowest BCUT2D eigenvalue weighted by molar-refractivity contribution is -0.164. The molecule has 5 atom stereocenters. The number of likely N-dealkylation sites (tertiary alicyclic amines) is 1. The first-order valence-electron chi connectivity index (χ1n) is 10.9. The van der Waals surface area contributed by atoms with Crippen molar-refractivity contribution in [2.24, 2.45) is 22.7 Å². The van der Waals surface area contributed by atoms with Gasteiger partial charge in [-0.15, -0.1) is 6.58 Å². The molecule has 148 valence electrons. The van der Waals surface area contributed by atoms with Crippen LogP contribution >= 0.6 is 0 Å². The number of rotatable bonds is 5. The highest BCUT2D eigenvalue weighted by Gasteiger charge is 2.77. The zero-order valence-electron chi connectivity index (χ0n) is 16.8. The van der Waals surface area contributed by atoms with Crippen molar-refractivity contribution in [2.45, 2.75) is 50.1 Å². The van der Waals surface area contributed by atoms with Gasteiger partial charge in [-0.05, 0) is 37.7 Å². The third-order valence-corrected chi connectivity index (χ3v) is 7.87. The van der Waals surface area contributed by atoms with Crippen LogP contribution in [0.5, 0.6) is 0 Å². The van der Waals surface area contributed by atoms with Gasteiger partial charge in [0.05, 0.1) is 12.1 Å². The summed E-state index contributed by atoms with van der Waals surface area (Å²) in [6.45, 7) is 8.09. The Hall–Kier alpha value is -1.94. The molecule has 28 heavy (non-hydrogen) atoms. The molecular formula is C24H30N2O2. The van der Waals surface area contributed by atoms with Crippen LogP contribution in [-0.2, 0) is 9.53 Å². The van der Waals surface area contributed by atoms with E-state index in [1.807, 2.05) is 19.1 Å². The lowest BCUT2D eigenvalue weighted by atomic mass is 9.48. The molecule has 1 spiro atoms. The maximum absolute atomic E-state index is 13.6. The van der Waals surface area contributed by atoms with Gasteiger partial charge in [0.2, 0.25) is 0 Å². The van der Waals surface area contributed by atoms with Gasteiger partial charge in [-0.3, -0.25) is 9.89 Å². The molecule has 2 saturated carbocycles. The first kappa shape index (κ1) is 18.1. The highest BCUT2D eigenvalue weighted by molar-refractivity contribution is 6.07. The molecule has 5 unspecified atom stereocenters. The molecule has 3 heterocycles. The fourth-order valence-electron chi connectivity index (χ4n) is 7.13. The predicted molar refractivity (Wildman–Crippen MR) is 110 cm³/mol. The van der Waals surface area contributed by atoms with E-state index in [0.29, 0.717) is 18.4 Å². The number of carbonyl (C=O) groups excluding carboxylic acids is 1. The number of hydrogen-bond donors (Lipinski definition) is 0. The summed E-state index contributed by atoms with van der Waals surface area (Å²) in [4.78, 5) is 21.6. The number of nitrogens with zero attached hydrogens (tertiary/aromatic N) is 2. The van der Waals surface area contributed by atoms with Gasteiger partial charge >= 0.3 is 5.97 Å². The van der Waals surface area contributed by atoms with E-state index in [-0.39, 0.29) is 17.4 Å². The van der Waals surface area contributed by atoms with Crippen LogP contribution in [0.2, 0.25) is 0 Å². The topological polar surface area (TPSA) is 41.9 Å². The van der Waals surface area contributed by atoms with Gasteiger partial charge < -0.3 is 4.74 Å². The first-order valence-corrected chi connectivity index (χ1v) is 10.9. The molecule has 4 nitrogen and oxygen atoms in total. The Morgan fingerprint density at radius 3 is 2.93 bits per heavy atom. The van der Waals surface area contributed by atoms with Crippen molar-refractivity contribution in [2.75, 3.05) is 19.7 Å². The number of carbonyl (C=O) groups is 1. The number of esters is 1. The Balaban J connectivity index is 1.74. The van der Waals surface area contributed by atoms with Gasteiger partial charge in [0, 0.05) is 30.6 Å². The molecule has 1 aromatic carbocycles. The van der Waals surface area contributed by atoms with Crippen molar-refractivity contribution in [3.05, 3.63) is 48.6 Å². The van der Waals surface area contributed by atoms with Crippen LogP contribution in [0.25, 0.3) is 0 Å². The van der Waals surface area contributed by atoms with Crippen LogP contribution in [0.3, 0.4) is 0 Å². The van der Waals surface area contributed by atoms with E-state index >= 15 is 0 Å². The van der Waals surface area contributed by atoms with Crippen LogP contribution in [-0.4, -0.2) is 47.4 Å². The lowest BCUT2D eigenvalue weighted by Crippen LogP contribution is -2.74. The molecule has 2 aliphatic carbocycles. The summed E-state index contributed by atoms with van der Waals surface area (Å²) in [6.07, 6.45) is 7.68. The third kappa shape index (κ3) is 2.10. The summed E-state index contributed by atoms with van der Waals surface area (Å²) in [6, 6.07) is 10.5. The van der Waals surface area contributed by atoms with Crippen LogP contribution in [0, 0.1) is 17.8 Å². The van der Waals surface area contributed by atoms with Crippen LogP contribution in [0.4, 0.5) is 0 Å². The zero-order valence-corrected chi connectivity index (χ0v) is 16.8. The van der Waals surface area contributed by atoms with Crippen LogP contribution < -0.4 is 0 Å². The maximum atomic E-state index is 13.6. The number of benzene rings is 1. The molecule has 0 N–H and O–H groups in total. The molecule has 0 radical (unpaired) electrons. The summed E-state index contributed by atoms with van der Waals surface area (Å²) in [5.74, 6) is 1.07. The quantitative estimate of drug-likeness (QED) is 0.577. The molecule has 4 heteroatoms. The summed E-state index contributed by atoms with van der Waals surface area (Å²) in [7, 11) is 0. The average Bonchev–Trinajstić information content (AvgIpc) is 2.92. The Morgan fingerprint density at radius 2 is 2.18 bits per heavy atom. The predicted octanol–water partition coefficient (Wildman–Crippen LogP) is 3.86. The minimum absolute atomic E-state index is 0.0926. The fourth-order valence-corrected chi connectivity index (χ4v) is 7.13. The van der Waals surface area contributed by atoms with Gasteiger partial charge in [0.15, 0.2) is 5.54 Å². The van der Waals surface area contributed by atoms with E-state index < -0.39 is 5.54 Å². The Labute approximate surface area is 167 Å². The second kappa shape index (κ2) is 6.55. The van der Waals surface area contributed by atoms with Crippen LogP contribution in [0.15, 0.2) is 48.0 Å². The van der Waals surface area contributed by atoms with Crippen molar-refractivity contribution in [3.63, 3.8) is 0 Å². The van der Waals surface area contributed by atoms with Crippen molar-refractivity contribution >= 4 is 11.7 Å². The SMILES string of the molecule is C=CCN1CC2CC3C(c4ccccc4)=NC2(C(=O)OCC)C12CCCCC32. The minimum atomic E-state index is -0.753. The van der Waals surface area contributed by atoms with E-state index in [1.54, 1.807) is 0 Å². The monoisotopic (exact) mass is 378 g/mol. The molecule has 4 bridgehead atoms. The third-order valence-electron chi connectivity index (χ3n) is 7.87. The first-order chi connectivity index (χ1) is 13.7. The molecule has 3 fully saturated rings. The second-order valence-electron chi connectivity index (χ2n) is 8.86. The number of ether oxygens (including phenoxy) is 1. The van der Waals surface area contributed by atoms with E-state index in [0.717, 1.165) is 31.6 Å².